The Kier molecular flexibility index (Phi) is 6.68. The number of hydrogen-bond donors (Lipinski definition) is 0. The van der Waals surface area contributed by atoms with Crippen LogP contribution in [-0.2, 0) is 15.7 Å². The van der Waals surface area contributed by atoms with Gasteiger partial charge in [-0.05, 0) is 58.8 Å². The molecule has 0 N–H and O–H groups in total. The first-order valence-corrected chi connectivity index (χ1v) is 11.4. The number of imide groups is 1. The van der Waals surface area contributed by atoms with Gasteiger partial charge in [0.25, 0.3) is 11.8 Å². The highest BCUT2D eigenvalue weighted by molar-refractivity contribution is 6.61. The second-order valence-electron chi connectivity index (χ2n) is 9.05. The molecule has 33 heavy (non-hydrogen) atoms. The van der Waals surface area contributed by atoms with Gasteiger partial charge in [-0.25, -0.2) is 0 Å². The van der Waals surface area contributed by atoms with Crippen molar-refractivity contribution in [3.05, 3.63) is 76.9 Å². The molecule has 6 heteroatoms. The van der Waals surface area contributed by atoms with E-state index in [2.05, 4.69) is 38.1 Å². The molecule has 4 rings (SSSR count). The van der Waals surface area contributed by atoms with Gasteiger partial charge in [0.05, 0.1) is 0 Å². The molecule has 0 aromatic heterocycles. The molecule has 0 spiro atoms. The molecule has 5 nitrogen and oxygen atoms in total. The summed E-state index contributed by atoms with van der Waals surface area (Å²) in [5, 5.41) is 1.79. The van der Waals surface area contributed by atoms with Crippen LogP contribution in [0.3, 0.4) is 0 Å². The van der Waals surface area contributed by atoms with E-state index in [1.54, 1.807) is 21.3 Å². The van der Waals surface area contributed by atoms with Crippen molar-refractivity contribution in [2.75, 3.05) is 21.3 Å². The van der Waals surface area contributed by atoms with Gasteiger partial charge in [0.15, 0.2) is 0 Å². The third-order valence-electron chi connectivity index (χ3n) is 6.74. The first-order chi connectivity index (χ1) is 15.9. The molecule has 1 aliphatic heterocycles. The van der Waals surface area contributed by atoms with Gasteiger partial charge in [-0.1, -0.05) is 56.3 Å². The van der Waals surface area contributed by atoms with Gasteiger partial charge in [-0.2, -0.15) is 0 Å². The predicted molar refractivity (Wildman–Crippen MR) is 132 cm³/mol. The summed E-state index contributed by atoms with van der Waals surface area (Å²) in [7, 11) is 4.48. The molecular weight excluding hydrogens is 413 g/mol. The quantitative estimate of drug-likeness (QED) is 0.382. The molecule has 0 aliphatic carbocycles. The summed E-state index contributed by atoms with van der Waals surface area (Å²) in [6.07, 6.45) is 1.88. The lowest BCUT2D eigenvalue weighted by Crippen LogP contribution is -2.37. The lowest BCUT2D eigenvalue weighted by molar-refractivity contribution is 0.0650. The molecule has 0 saturated carbocycles. The Morgan fingerprint density at radius 3 is 2.24 bits per heavy atom. The maximum atomic E-state index is 12.7. The fraction of sp³-hybridized carbons (Fsp3) is 0.333. The number of carbonyl (C=O) groups is 2. The van der Waals surface area contributed by atoms with Crippen LogP contribution in [0.25, 0.3) is 10.8 Å². The Hall–Kier alpha value is -2.96. The molecule has 170 valence electrons. The maximum absolute atomic E-state index is 12.7. The highest BCUT2D eigenvalue weighted by Gasteiger charge is 2.31. The fourth-order valence-electron chi connectivity index (χ4n) is 5.16. The van der Waals surface area contributed by atoms with Crippen molar-refractivity contribution >= 4 is 35.2 Å². The van der Waals surface area contributed by atoms with Gasteiger partial charge in [0.2, 0.25) is 0 Å². The zero-order valence-electron chi connectivity index (χ0n) is 19.9. The number of rotatable bonds is 8. The number of hydrogen-bond acceptors (Lipinski definition) is 4. The Labute approximate surface area is 195 Å². The predicted octanol–water partition coefficient (Wildman–Crippen LogP) is 4.43. The van der Waals surface area contributed by atoms with Gasteiger partial charge in [0, 0.05) is 37.8 Å². The van der Waals surface area contributed by atoms with E-state index in [9.17, 15) is 9.59 Å². The van der Waals surface area contributed by atoms with Gasteiger partial charge >= 0.3 is 7.12 Å². The molecular formula is C27H30BNO4. The molecule has 1 heterocycles. The smallest absolute Gasteiger partial charge is 0.410 e. The van der Waals surface area contributed by atoms with Gasteiger partial charge in [0.1, 0.15) is 0 Å². The van der Waals surface area contributed by atoms with Gasteiger partial charge in [-0.3, -0.25) is 14.5 Å². The molecule has 0 radical (unpaired) electrons. The molecule has 1 aliphatic rings. The number of nitrogens with zero attached hydrogens (tertiary/aromatic N) is 1. The van der Waals surface area contributed by atoms with E-state index >= 15 is 0 Å². The standard InChI is InChI=1S/C27H30BNO4/c1-17(16-19-9-6-7-12-24(19)28(32-4)33-5)15-18(2)20-13-14-23-25-21(20)10-8-11-22(25)26(30)29(3)27(23)31/h6-14,17-18H,15-16H2,1-5H3. The Bertz CT molecular complexity index is 1180. The second kappa shape index (κ2) is 9.50. The second-order valence-corrected chi connectivity index (χ2v) is 9.05. The van der Waals surface area contributed by atoms with E-state index in [-0.39, 0.29) is 24.9 Å². The molecule has 0 saturated heterocycles. The molecule has 2 amide bonds. The summed E-state index contributed by atoms with van der Waals surface area (Å²) in [6.45, 7) is 4.48. The lowest BCUT2D eigenvalue weighted by atomic mass is 9.73. The van der Waals surface area contributed by atoms with E-state index in [1.807, 2.05) is 30.3 Å². The molecule has 2 atom stereocenters. The Morgan fingerprint density at radius 2 is 1.55 bits per heavy atom. The zero-order chi connectivity index (χ0) is 23.7. The minimum Gasteiger partial charge on any atom is -0.410 e. The third kappa shape index (κ3) is 4.21. The topological polar surface area (TPSA) is 55.8 Å². The minimum absolute atomic E-state index is 0.237. The first kappa shape index (κ1) is 23.2. The average Bonchev–Trinajstić information content (AvgIpc) is 2.82. The van der Waals surface area contributed by atoms with Crippen LogP contribution >= 0.6 is 0 Å². The maximum Gasteiger partial charge on any atom is 0.493 e. The molecule has 3 aromatic carbocycles. The van der Waals surface area contributed by atoms with E-state index in [4.69, 9.17) is 9.31 Å². The lowest BCUT2D eigenvalue weighted by Gasteiger charge is -2.26. The Morgan fingerprint density at radius 1 is 0.879 bits per heavy atom. The molecule has 0 fully saturated rings. The minimum atomic E-state index is -0.375. The summed E-state index contributed by atoms with van der Waals surface area (Å²) >= 11 is 0. The van der Waals surface area contributed by atoms with Crippen LogP contribution in [0.5, 0.6) is 0 Å². The van der Waals surface area contributed by atoms with Gasteiger partial charge < -0.3 is 9.31 Å². The summed E-state index contributed by atoms with van der Waals surface area (Å²) < 4.78 is 11.0. The fourth-order valence-corrected chi connectivity index (χ4v) is 5.16. The van der Waals surface area contributed by atoms with Crippen molar-refractivity contribution in [2.45, 2.75) is 32.6 Å². The number of benzene rings is 3. The van der Waals surface area contributed by atoms with Crippen molar-refractivity contribution in [1.82, 2.24) is 4.90 Å². The zero-order valence-corrected chi connectivity index (χ0v) is 19.9. The van der Waals surface area contributed by atoms with Crippen molar-refractivity contribution in [3.63, 3.8) is 0 Å². The van der Waals surface area contributed by atoms with Crippen molar-refractivity contribution in [3.8, 4) is 0 Å². The highest BCUT2D eigenvalue weighted by Crippen LogP contribution is 2.36. The third-order valence-corrected chi connectivity index (χ3v) is 6.74. The molecule has 3 aromatic rings. The SMILES string of the molecule is COB(OC)c1ccccc1CC(C)CC(C)c1ccc2c3c(cccc13)C(=O)N(C)C2=O. The van der Waals surface area contributed by atoms with Crippen LogP contribution in [0.1, 0.15) is 58.0 Å². The van der Waals surface area contributed by atoms with E-state index in [0.29, 0.717) is 17.0 Å². The van der Waals surface area contributed by atoms with Crippen LogP contribution in [0.4, 0.5) is 0 Å². The van der Waals surface area contributed by atoms with E-state index in [0.717, 1.165) is 29.1 Å². The van der Waals surface area contributed by atoms with E-state index in [1.165, 1.54) is 16.0 Å². The van der Waals surface area contributed by atoms with Crippen molar-refractivity contribution in [1.29, 1.82) is 0 Å². The van der Waals surface area contributed by atoms with Crippen molar-refractivity contribution in [2.24, 2.45) is 5.92 Å². The Balaban J connectivity index is 1.61. The van der Waals surface area contributed by atoms with Gasteiger partial charge in [-0.15, -0.1) is 0 Å². The van der Waals surface area contributed by atoms with Crippen molar-refractivity contribution < 1.29 is 18.9 Å². The number of carbonyl (C=O) groups excluding carboxylic acids is 2. The summed E-state index contributed by atoms with van der Waals surface area (Å²) in [4.78, 5) is 26.6. The summed E-state index contributed by atoms with van der Waals surface area (Å²) in [5.74, 6) is 0.204. The highest BCUT2D eigenvalue weighted by atomic mass is 16.6. The van der Waals surface area contributed by atoms with Crippen LogP contribution in [0.15, 0.2) is 54.6 Å². The average molecular weight is 443 g/mol. The van der Waals surface area contributed by atoms with Crippen LogP contribution in [-0.4, -0.2) is 45.1 Å². The summed E-state index contributed by atoms with van der Waals surface area (Å²) in [6, 6.07) is 17.9. The largest absolute Gasteiger partial charge is 0.493 e. The first-order valence-electron chi connectivity index (χ1n) is 11.4. The normalized spacial score (nSPS) is 15.1. The molecule has 2 unspecified atom stereocenters. The van der Waals surface area contributed by atoms with Crippen LogP contribution in [0.2, 0.25) is 0 Å². The number of amides is 2. The monoisotopic (exact) mass is 443 g/mol. The van der Waals surface area contributed by atoms with Crippen LogP contribution in [0, 0.1) is 5.92 Å². The summed E-state index contributed by atoms with van der Waals surface area (Å²) in [5.41, 5.74) is 4.66. The van der Waals surface area contributed by atoms with Crippen LogP contribution < -0.4 is 5.46 Å². The van der Waals surface area contributed by atoms with E-state index < -0.39 is 0 Å². The molecule has 0 bridgehead atoms.